The summed E-state index contributed by atoms with van der Waals surface area (Å²) in [6.07, 6.45) is 0. The van der Waals surface area contributed by atoms with Crippen molar-refractivity contribution >= 4 is 0 Å². The maximum atomic E-state index is 9.10. The van der Waals surface area contributed by atoms with E-state index in [0.29, 0.717) is 5.89 Å². The fourth-order valence-corrected chi connectivity index (χ4v) is 1.84. The van der Waals surface area contributed by atoms with Crippen LogP contribution in [0.1, 0.15) is 37.0 Å². The number of rotatable bonds is 3. The van der Waals surface area contributed by atoms with Crippen molar-refractivity contribution in [3.05, 3.63) is 41.5 Å². The van der Waals surface area contributed by atoms with Crippen molar-refractivity contribution in [2.45, 2.75) is 33.3 Å². The van der Waals surface area contributed by atoms with Gasteiger partial charge in [0, 0.05) is 11.5 Å². The molecule has 3 heteroatoms. The first-order valence-corrected chi connectivity index (χ1v) is 5.79. The average molecular weight is 231 g/mol. The van der Waals surface area contributed by atoms with Gasteiger partial charge in [-0.05, 0) is 13.0 Å². The number of benzene rings is 1. The van der Waals surface area contributed by atoms with E-state index < -0.39 is 0 Å². The smallest absolute Gasteiger partial charge is 0.220 e. The molecule has 0 aliphatic heterocycles. The third kappa shape index (κ3) is 2.39. The van der Waals surface area contributed by atoms with E-state index in [-0.39, 0.29) is 12.5 Å². The van der Waals surface area contributed by atoms with Gasteiger partial charge in [-0.1, -0.05) is 37.6 Å². The second-order valence-corrected chi connectivity index (χ2v) is 4.50. The Labute approximate surface area is 101 Å². The van der Waals surface area contributed by atoms with Gasteiger partial charge in [-0.15, -0.1) is 0 Å². The SMILES string of the molecule is Cc1cccc(-c2nc(CO)oc2C(C)C)c1. The summed E-state index contributed by atoms with van der Waals surface area (Å²) in [6, 6.07) is 8.14. The fraction of sp³-hybridized carbons (Fsp3) is 0.357. The van der Waals surface area contributed by atoms with E-state index in [9.17, 15) is 0 Å². The Morgan fingerprint density at radius 3 is 2.71 bits per heavy atom. The summed E-state index contributed by atoms with van der Waals surface area (Å²) in [5.74, 6) is 1.46. The molecule has 0 amide bonds. The molecule has 90 valence electrons. The van der Waals surface area contributed by atoms with E-state index in [1.165, 1.54) is 5.56 Å². The van der Waals surface area contributed by atoms with Crippen molar-refractivity contribution in [3.8, 4) is 11.3 Å². The molecule has 0 radical (unpaired) electrons. The molecule has 1 N–H and O–H groups in total. The average Bonchev–Trinajstić information content (AvgIpc) is 2.73. The van der Waals surface area contributed by atoms with Crippen LogP contribution in [-0.4, -0.2) is 10.1 Å². The molecule has 0 saturated carbocycles. The van der Waals surface area contributed by atoms with Crippen molar-refractivity contribution in [1.29, 1.82) is 0 Å². The Morgan fingerprint density at radius 2 is 2.12 bits per heavy atom. The first-order valence-electron chi connectivity index (χ1n) is 5.79. The second-order valence-electron chi connectivity index (χ2n) is 4.50. The molecule has 17 heavy (non-hydrogen) atoms. The van der Waals surface area contributed by atoms with Crippen LogP contribution in [0.3, 0.4) is 0 Å². The van der Waals surface area contributed by atoms with Crippen LogP contribution in [0.5, 0.6) is 0 Å². The van der Waals surface area contributed by atoms with Crippen LogP contribution in [0.4, 0.5) is 0 Å². The Balaban J connectivity index is 2.53. The Hall–Kier alpha value is -1.61. The lowest BCUT2D eigenvalue weighted by Crippen LogP contribution is -1.89. The minimum atomic E-state index is -0.161. The molecule has 0 unspecified atom stereocenters. The van der Waals surface area contributed by atoms with E-state index >= 15 is 0 Å². The molecule has 0 saturated heterocycles. The normalized spacial score (nSPS) is 11.1. The van der Waals surface area contributed by atoms with Crippen molar-refractivity contribution in [1.82, 2.24) is 4.98 Å². The first kappa shape index (κ1) is 11.9. The summed E-state index contributed by atoms with van der Waals surface area (Å²) in [7, 11) is 0. The van der Waals surface area contributed by atoms with Gasteiger partial charge >= 0.3 is 0 Å². The summed E-state index contributed by atoms with van der Waals surface area (Å²) < 4.78 is 5.56. The van der Waals surface area contributed by atoms with E-state index in [4.69, 9.17) is 9.52 Å². The first-order chi connectivity index (χ1) is 8.11. The molecule has 1 aromatic heterocycles. The zero-order chi connectivity index (χ0) is 12.4. The zero-order valence-electron chi connectivity index (χ0n) is 10.4. The second kappa shape index (κ2) is 4.72. The number of aryl methyl sites for hydroxylation is 1. The number of aliphatic hydroxyl groups excluding tert-OH is 1. The predicted octanol–water partition coefficient (Wildman–Crippen LogP) is 3.27. The van der Waals surface area contributed by atoms with Crippen molar-refractivity contribution in [2.24, 2.45) is 0 Å². The number of hydrogen-bond donors (Lipinski definition) is 1. The van der Waals surface area contributed by atoms with Crippen molar-refractivity contribution < 1.29 is 9.52 Å². The quantitative estimate of drug-likeness (QED) is 0.881. The fourth-order valence-electron chi connectivity index (χ4n) is 1.84. The topological polar surface area (TPSA) is 46.3 Å². The van der Waals surface area contributed by atoms with E-state index in [1.807, 2.05) is 25.1 Å². The third-order valence-electron chi connectivity index (χ3n) is 2.65. The number of nitrogens with zero attached hydrogens (tertiary/aromatic N) is 1. The van der Waals surface area contributed by atoms with Gasteiger partial charge in [-0.3, -0.25) is 0 Å². The number of aromatic nitrogens is 1. The van der Waals surface area contributed by atoms with Crippen LogP contribution >= 0.6 is 0 Å². The molecule has 0 aliphatic rings. The number of hydrogen-bond acceptors (Lipinski definition) is 3. The molecule has 1 heterocycles. The molecular weight excluding hydrogens is 214 g/mol. The molecule has 0 spiro atoms. The van der Waals surface area contributed by atoms with E-state index in [0.717, 1.165) is 17.0 Å². The molecular formula is C14H17NO2. The predicted molar refractivity (Wildman–Crippen MR) is 66.7 cm³/mol. The van der Waals surface area contributed by atoms with Crippen LogP contribution in [0.2, 0.25) is 0 Å². The van der Waals surface area contributed by atoms with Gasteiger partial charge in [0.15, 0.2) is 0 Å². The summed E-state index contributed by atoms with van der Waals surface area (Å²) in [5.41, 5.74) is 3.07. The molecule has 0 aliphatic carbocycles. The van der Waals surface area contributed by atoms with Crippen LogP contribution < -0.4 is 0 Å². The van der Waals surface area contributed by atoms with Gasteiger partial charge in [-0.25, -0.2) is 4.98 Å². The maximum absolute atomic E-state index is 9.10. The molecule has 0 fully saturated rings. The van der Waals surface area contributed by atoms with Crippen LogP contribution in [0.15, 0.2) is 28.7 Å². The lowest BCUT2D eigenvalue weighted by molar-refractivity contribution is 0.235. The molecule has 1 aromatic carbocycles. The molecule has 0 bridgehead atoms. The van der Waals surface area contributed by atoms with Crippen LogP contribution in [0.25, 0.3) is 11.3 Å². The van der Waals surface area contributed by atoms with Gasteiger partial charge in [-0.2, -0.15) is 0 Å². The van der Waals surface area contributed by atoms with Crippen molar-refractivity contribution in [3.63, 3.8) is 0 Å². The zero-order valence-corrected chi connectivity index (χ0v) is 10.4. The summed E-state index contributed by atoms with van der Waals surface area (Å²) in [6.45, 7) is 6.00. The van der Waals surface area contributed by atoms with Crippen LogP contribution in [-0.2, 0) is 6.61 Å². The summed E-state index contributed by atoms with van der Waals surface area (Å²) in [4.78, 5) is 4.34. The minimum Gasteiger partial charge on any atom is -0.442 e. The molecule has 0 atom stereocenters. The van der Waals surface area contributed by atoms with Crippen molar-refractivity contribution in [2.75, 3.05) is 0 Å². The molecule has 2 aromatic rings. The lowest BCUT2D eigenvalue weighted by atomic mass is 10.0. The van der Waals surface area contributed by atoms with Crippen LogP contribution in [0, 0.1) is 6.92 Å². The Bertz CT molecular complexity index is 515. The minimum absolute atomic E-state index is 0.161. The number of oxazole rings is 1. The van der Waals surface area contributed by atoms with Gasteiger partial charge in [0.1, 0.15) is 18.1 Å². The lowest BCUT2D eigenvalue weighted by Gasteiger charge is -2.04. The van der Waals surface area contributed by atoms with E-state index in [2.05, 4.69) is 24.9 Å². The van der Waals surface area contributed by atoms with Gasteiger partial charge in [0.25, 0.3) is 0 Å². The maximum Gasteiger partial charge on any atom is 0.220 e. The standard InChI is InChI=1S/C14H17NO2/c1-9(2)14-13(15-12(8-16)17-14)11-6-4-5-10(3)7-11/h4-7,9,16H,8H2,1-3H3. The number of aliphatic hydroxyl groups is 1. The van der Waals surface area contributed by atoms with Gasteiger partial charge in [0.2, 0.25) is 5.89 Å². The third-order valence-corrected chi connectivity index (χ3v) is 2.65. The van der Waals surface area contributed by atoms with E-state index in [1.54, 1.807) is 0 Å². The van der Waals surface area contributed by atoms with Gasteiger partial charge in [0.05, 0.1) is 0 Å². The highest BCUT2D eigenvalue weighted by atomic mass is 16.4. The van der Waals surface area contributed by atoms with Gasteiger partial charge < -0.3 is 9.52 Å². The Morgan fingerprint density at radius 1 is 1.35 bits per heavy atom. The Kier molecular flexibility index (Phi) is 3.29. The molecule has 2 rings (SSSR count). The highest BCUT2D eigenvalue weighted by Gasteiger charge is 2.17. The molecule has 3 nitrogen and oxygen atoms in total. The largest absolute Gasteiger partial charge is 0.442 e. The summed E-state index contributed by atoms with van der Waals surface area (Å²) >= 11 is 0. The summed E-state index contributed by atoms with van der Waals surface area (Å²) in [5, 5.41) is 9.10. The highest BCUT2D eigenvalue weighted by Crippen LogP contribution is 2.30. The highest BCUT2D eigenvalue weighted by molar-refractivity contribution is 5.62. The monoisotopic (exact) mass is 231 g/mol.